The van der Waals surface area contributed by atoms with Gasteiger partial charge in [-0.2, -0.15) is 0 Å². The Balaban J connectivity index is 1.60. The molecule has 0 bridgehead atoms. The Labute approximate surface area is 261 Å². The lowest BCUT2D eigenvalue weighted by atomic mass is 9.54. The summed E-state index contributed by atoms with van der Waals surface area (Å²) < 4.78 is 0. The maximum absolute atomic E-state index is 2.72. The van der Waals surface area contributed by atoms with Crippen LogP contribution in [0.1, 0.15) is 128 Å². The Morgan fingerprint density at radius 3 is 1.72 bits per heavy atom. The summed E-state index contributed by atoms with van der Waals surface area (Å²) in [6.45, 7) is 21.5. The van der Waals surface area contributed by atoms with Crippen LogP contribution in [0.15, 0.2) is 89.5 Å². The molecule has 224 valence electrons. The van der Waals surface area contributed by atoms with E-state index in [1.807, 2.05) is 0 Å². The summed E-state index contributed by atoms with van der Waals surface area (Å²) in [5, 5.41) is 0. The molecule has 0 saturated heterocycles. The monoisotopic (exact) mass is 568 g/mol. The molecule has 1 saturated carbocycles. The number of benzene rings is 3. The van der Waals surface area contributed by atoms with Gasteiger partial charge in [-0.1, -0.05) is 159 Å². The van der Waals surface area contributed by atoms with Crippen LogP contribution in [0, 0.1) is 17.3 Å². The summed E-state index contributed by atoms with van der Waals surface area (Å²) in [5.41, 5.74) is 15.9. The van der Waals surface area contributed by atoms with Crippen LogP contribution in [0.4, 0.5) is 0 Å². The average molecular weight is 569 g/mol. The van der Waals surface area contributed by atoms with Crippen molar-refractivity contribution in [1.29, 1.82) is 0 Å². The van der Waals surface area contributed by atoms with Crippen LogP contribution >= 0.6 is 0 Å². The number of rotatable bonds is 2. The van der Waals surface area contributed by atoms with E-state index in [1.54, 1.807) is 27.8 Å². The molecule has 0 heterocycles. The first-order chi connectivity index (χ1) is 20.2. The van der Waals surface area contributed by atoms with Crippen LogP contribution in [-0.2, 0) is 16.2 Å². The largest absolute Gasteiger partial charge is 0.0622 e. The molecule has 4 aliphatic carbocycles. The first-order valence-electron chi connectivity index (χ1n) is 17.0. The number of hydrogen-bond acceptors (Lipinski definition) is 0. The Morgan fingerprint density at radius 2 is 1.19 bits per heavy atom. The second kappa shape index (κ2) is 9.57. The molecule has 1 fully saturated rings. The number of fused-ring (bicyclic) bond motifs is 5. The maximum atomic E-state index is 2.72. The van der Waals surface area contributed by atoms with Gasteiger partial charge in [0.15, 0.2) is 0 Å². The fourth-order valence-corrected chi connectivity index (χ4v) is 9.41. The van der Waals surface area contributed by atoms with Crippen LogP contribution < -0.4 is 0 Å². The molecule has 0 amide bonds. The van der Waals surface area contributed by atoms with Gasteiger partial charge >= 0.3 is 0 Å². The van der Waals surface area contributed by atoms with E-state index >= 15 is 0 Å². The van der Waals surface area contributed by atoms with E-state index in [9.17, 15) is 0 Å². The molecule has 0 N–H and O–H groups in total. The van der Waals surface area contributed by atoms with E-state index in [2.05, 4.69) is 135 Å². The van der Waals surface area contributed by atoms with Crippen molar-refractivity contribution in [2.45, 2.75) is 117 Å². The smallest absolute Gasteiger partial charge is 0.0345 e. The molecule has 0 aliphatic heterocycles. The van der Waals surface area contributed by atoms with Gasteiger partial charge in [0.1, 0.15) is 0 Å². The molecule has 3 aromatic carbocycles. The van der Waals surface area contributed by atoms with Gasteiger partial charge < -0.3 is 0 Å². The summed E-state index contributed by atoms with van der Waals surface area (Å²) >= 11 is 0. The van der Waals surface area contributed by atoms with Crippen molar-refractivity contribution in [3.8, 4) is 11.1 Å². The standard InChI is InChI=1S/C43H52/c1-40(2,3)28-19-21-31-32-22-20-29(41(4,5)6)24-36(32)39(35(31)23-28)43(27-15-11-10-12-16-27)37-18-14-13-17-33(37)34-25-30(26-38(34)43)42(7,8)9/h10-12,15-16,19-24,26,33,37,39H,13-14,17-18,25H2,1-9H3. The van der Waals surface area contributed by atoms with Crippen molar-refractivity contribution >= 4 is 0 Å². The van der Waals surface area contributed by atoms with Crippen molar-refractivity contribution < 1.29 is 0 Å². The van der Waals surface area contributed by atoms with Gasteiger partial charge in [-0.3, -0.25) is 0 Å². The molecule has 0 aromatic heterocycles. The van der Waals surface area contributed by atoms with Crippen LogP contribution in [-0.4, -0.2) is 0 Å². The molecule has 3 atom stereocenters. The lowest BCUT2D eigenvalue weighted by Crippen LogP contribution is -2.43. The summed E-state index contributed by atoms with van der Waals surface area (Å²) in [6, 6.07) is 26.8. The highest BCUT2D eigenvalue weighted by Crippen LogP contribution is 2.70. The van der Waals surface area contributed by atoms with Crippen molar-refractivity contribution in [1.82, 2.24) is 0 Å². The van der Waals surface area contributed by atoms with Crippen molar-refractivity contribution in [2.75, 3.05) is 0 Å². The zero-order valence-corrected chi connectivity index (χ0v) is 28.2. The normalized spacial score (nSPS) is 25.4. The second-order valence-corrected chi connectivity index (χ2v) is 17.3. The van der Waals surface area contributed by atoms with E-state index in [4.69, 9.17) is 0 Å². The zero-order valence-electron chi connectivity index (χ0n) is 28.2. The molecule has 3 aromatic rings. The van der Waals surface area contributed by atoms with E-state index in [1.165, 1.54) is 59.9 Å². The van der Waals surface area contributed by atoms with Crippen molar-refractivity contribution in [3.63, 3.8) is 0 Å². The van der Waals surface area contributed by atoms with Gasteiger partial charge in [0.25, 0.3) is 0 Å². The minimum atomic E-state index is -0.0678. The Bertz CT molecular complexity index is 1580. The lowest BCUT2D eigenvalue weighted by molar-refractivity contribution is 0.188. The Hall–Kier alpha value is -2.86. The van der Waals surface area contributed by atoms with Crippen LogP contribution in [0.3, 0.4) is 0 Å². The second-order valence-electron chi connectivity index (χ2n) is 17.3. The lowest BCUT2D eigenvalue weighted by Gasteiger charge is -2.48. The molecule has 43 heavy (non-hydrogen) atoms. The van der Waals surface area contributed by atoms with E-state index < -0.39 is 0 Å². The molecule has 0 radical (unpaired) electrons. The first-order valence-corrected chi connectivity index (χ1v) is 17.0. The van der Waals surface area contributed by atoms with E-state index in [-0.39, 0.29) is 21.7 Å². The zero-order chi connectivity index (χ0) is 30.5. The predicted octanol–water partition coefficient (Wildman–Crippen LogP) is 11.8. The van der Waals surface area contributed by atoms with Gasteiger partial charge in [-0.25, -0.2) is 0 Å². The third-order valence-corrected chi connectivity index (χ3v) is 11.7. The van der Waals surface area contributed by atoms with Crippen molar-refractivity contribution in [2.24, 2.45) is 17.3 Å². The minimum absolute atomic E-state index is 0.0678. The van der Waals surface area contributed by atoms with Crippen LogP contribution in [0.5, 0.6) is 0 Å². The topological polar surface area (TPSA) is 0 Å². The van der Waals surface area contributed by atoms with Gasteiger partial charge in [0.05, 0.1) is 0 Å². The Morgan fingerprint density at radius 1 is 0.628 bits per heavy atom. The molecule has 0 spiro atoms. The Kier molecular flexibility index (Phi) is 6.43. The van der Waals surface area contributed by atoms with Gasteiger partial charge in [-0.05, 0) is 91.9 Å². The fraction of sp³-hybridized carbons (Fsp3) is 0.488. The first kappa shape index (κ1) is 28.9. The third kappa shape index (κ3) is 4.29. The molecule has 4 aliphatic rings. The summed E-state index contributed by atoms with van der Waals surface area (Å²) in [5.74, 6) is 1.62. The van der Waals surface area contributed by atoms with E-state index in [0.717, 1.165) is 0 Å². The molecule has 0 nitrogen and oxygen atoms in total. The van der Waals surface area contributed by atoms with Crippen LogP contribution in [0.25, 0.3) is 11.1 Å². The quantitative estimate of drug-likeness (QED) is 0.288. The van der Waals surface area contributed by atoms with E-state index in [0.29, 0.717) is 17.8 Å². The van der Waals surface area contributed by atoms with Gasteiger partial charge in [0, 0.05) is 11.3 Å². The van der Waals surface area contributed by atoms with Gasteiger partial charge in [-0.15, -0.1) is 0 Å². The predicted molar refractivity (Wildman–Crippen MR) is 184 cm³/mol. The third-order valence-electron chi connectivity index (χ3n) is 11.7. The molecular formula is C43H52. The maximum Gasteiger partial charge on any atom is 0.0345 e. The molecule has 3 unspecified atom stereocenters. The average Bonchev–Trinajstić information content (AvgIpc) is 3.61. The number of hydrogen-bond donors (Lipinski definition) is 0. The summed E-state index contributed by atoms with van der Waals surface area (Å²) in [7, 11) is 0. The SMILES string of the molecule is CC(C)(C)C1=CC2=C(C1)C1CCCCC1C2(c1ccccc1)C1c2cc(C(C)(C)C)ccc2-c2ccc(C(C)(C)C)cc21. The highest BCUT2D eigenvalue weighted by molar-refractivity contribution is 5.82. The molecular weight excluding hydrogens is 516 g/mol. The number of allylic oxidation sites excluding steroid dienone is 4. The van der Waals surface area contributed by atoms with Crippen LogP contribution in [0.2, 0.25) is 0 Å². The minimum Gasteiger partial charge on any atom is -0.0622 e. The molecule has 7 rings (SSSR count). The highest BCUT2D eigenvalue weighted by Gasteiger charge is 2.61. The summed E-state index contributed by atoms with van der Waals surface area (Å²) in [4.78, 5) is 0. The van der Waals surface area contributed by atoms with Crippen molar-refractivity contribution in [3.05, 3.63) is 117 Å². The summed E-state index contributed by atoms with van der Waals surface area (Å²) in [6.07, 6.45) is 9.28. The highest BCUT2D eigenvalue weighted by atomic mass is 14.6. The molecule has 0 heteroatoms. The fourth-order valence-electron chi connectivity index (χ4n) is 9.41. The van der Waals surface area contributed by atoms with Gasteiger partial charge in [0.2, 0.25) is 0 Å².